The summed E-state index contributed by atoms with van der Waals surface area (Å²) in [5, 5.41) is 0. The lowest BCUT2D eigenvalue weighted by Crippen LogP contribution is -2.09. The monoisotopic (exact) mass is 233 g/mol. The molecule has 0 radical (unpaired) electrons. The Kier molecular flexibility index (Phi) is 3.31. The molecule has 2 nitrogen and oxygen atoms in total. The molecule has 1 amide bonds. The Hall–Kier alpha value is -1.85. The Morgan fingerprint density at radius 3 is 2.44 bits per heavy atom. The van der Waals surface area contributed by atoms with Crippen molar-refractivity contribution in [3.8, 4) is 0 Å². The molecule has 0 saturated heterocycles. The number of hydrogen-bond acceptors (Lipinski definition) is 1. The van der Waals surface area contributed by atoms with E-state index in [0.717, 1.165) is 24.3 Å². The molecule has 0 fully saturated rings. The van der Waals surface area contributed by atoms with Gasteiger partial charge >= 0.3 is 6.18 Å². The first-order chi connectivity index (χ1) is 7.32. The smallest absolute Gasteiger partial charge is 0.366 e. The zero-order valence-electron chi connectivity index (χ0n) is 7.88. The molecule has 16 heavy (non-hydrogen) atoms. The molecule has 0 bridgehead atoms. The molecule has 0 aliphatic rings. The molecule has 0 spiro atoms. The van der Waals surface area contributed by atoms with E-state index in [1.807, 2.05) is 0 Å². The molecule has 0 aliphatic carbocycles. The molecular weight excluding hydrogens is 226 g/mol. The fourth-order valence-corrected chi connectivity index (χ4v) is 1.07. The number of primary amides is 1. The van der Waals surface area contributed by atoms with E-state index in [2.05, 4.69) is 0 Å². The average molecular weight is 233 g/mol. The van der Waals surface area contributed by atoms with Gasteiger partial charge in [0.2, 0.25) is 5.91 Å². The molecule has 1 aromatic rings. The van der Waals surface area contributed by atoms with Gasteiger partial charge in [0.25, 0.3) is 0 Å². The largest absolute Gasteiger partial charge is 0.419 e. The zero-order chi connectivity index (χ0) is 12.3. The molecule has 1 aromatic carbocycles. The first-order valence-corrected chi connectivity index (χ1v) is 4.15. The van der Waals surface area contributed by atoms with Crippen molar-refractivity contribution < 1.29 is 22.4 Å². The Balaban J connectivity index is 3.19. The molecule has 0 heterocycles. The highest BCUT2D eigenvalue weighted by Crippen LogP contribution is 2.32. The van der Waals surface area contributed by atoms with E-state index in [1.165, 1.54) is 0 Å². The normalized spacial score (nSPS) is 12.0. The van der Waals surface area contributed by atoms with E-state index in [9.17, 15) is 22.4 Å². The predicted octanol–water partition coefficient (Wildman–Crippen LogP) is 2.34. The highest BCUT2D eigenvalue weighted by Gasteiger charge is 2.34. The van der Waals surface area contributed by atoms with Gasteiger partial charge < -0.3 is 5.73 Å². The van der Waals surface area contributed by atoms with Crippen LogP contribution in [0.15, 0.2) is 24.3 Å². The molecule has 86 valence electrons. The van der Waals surface area contributed by atoms with E-state index >= 15 is 0 Å². The Morgan fingerprint density at radius 1 is 1.31 bits per heavy atom. The second-order valence-electron chi connectivity index (χ2n) is 2.94. The standard InChI is InChI=1S/C10H7F4NO/c11-9-6(4-5-8(15)16)2-1-3-7(9)10(12,13)14/h1-5H,(H2,15,16)/b5-4-. The molecule has 1 rings (SSSR count). The van der Waals surface area contributed by atoms with Crippen molar-refractivity contribution in [3.05, 3.63) is 41.2 Å². The van der Waals surface area contributed by atoms with E-state index in [0.29, 0.717) is 6.07 Å². The van der Waals surface area contributed by atoms with Crippen LogP contribution >= 0.6 is 0 Å². The number of hydrogen-bond donors (Lipinski definition) is 1. The fourth-order valence-electron chi connectivity index (χ4n) is 1.07. The van der Waals surface area contributed by atoms with Crippen molar-refractivity contribution in [3.63, 3.8) is 0 Å². The summed E-state index contributed by atoms with van der Waals surface area (Å²) >= 11 is 0. The van der Waals surface area contributed by atoms with Crippen molar-refractivity contribution in [2.45, 2.75) is 6.18 Å². The second-order valence-corrected chi connectivity index (χ2v) is 2.94. The second kappa shape index (κ2) is 4.34. The number of amides is 1. The number of halogens is 4. The topological polar surface area (TPSA) is 43.1 Å². The number of benzene rings is 1. The summed E-state index contributed by atoms with van der Waals surface area (Å²) in [6, 6.07) is 2.79. The molecule has 0 aromatic heterocycles. The van der Waals surface area contributed by atoms with Crippen molar-refractivity contribution >= 4 is 12.0 Å². The maximum atomic E-state index is 13.3. The summed E-state index contributed by atoms with van der Waals surface area (Å²) in [6.45, 7) is 0. The van der Waals surface area contributed by atoms with Crippen LogP contribution in [0.5, 0.6) is 0 Å². The minimum atomic E-state index is -4.76. The molecule has 6 heteroatoms. The maximum absolute atomic E-state index is 13.3. The minimum Gasteiger partial charge on any atom is -0.366 e. The number of nitrogens with two attached hydrogens (primary N) is 1. The molecule has 0 aliphatic heterocycles. The Bertz CT molecular complexity index is 437. The average Bonchev–Trinajstić information content (AvgIpc) is 2.14. The molecular formula is C10H7F4NO. The van der Waals surface area contributed by atoms with E-state index in [4.69, 9.17) is 5.73 Å². The van der Waals surface area contributed by atoms with Gasteiger partial charge in [-0.25, -0.2) is 4.39 Å². The summed E-state index contributed by atoms with van der Waals surface area (Å²) in [5.41, 5.74) is 3.03. The van der Waals surface area contributed by atoms with Gasteiger partial charge in [-0.15, -0.1) is 0 Å². The number of rotatable bonds is 2. The molecule has 0 unspecified atom stereocenters. The lowest BCUT2D eigenvalue weighted by Gasteiger charge is -2.08. The van der Waals surface area contributed by atoms with Crippen LogP contribution in [0.25, 0.3) is 6.08 Å². The van der Waals surface area contributed by atoms with Gasteiger partial charge in [0.05, 0.1) is 5.56 Å². The highest BCUT2D eigenvalue weighted by atomic mass is 19.4. The van der Waals surface area contributed by atoms with Crippen LogP contribution in [0.3, 0.4) is 0 Å². The first kappa shape index (κ1) is 12.2. The summed E-state index contributed by atoms with van der Waals surface area (Å²) in [4.78, 5) is 10.4. The number of alkyl halides is 3. The summed E-state index contributed by atoms with van der Waals surface area (Å²) in [7, 11) is 0. The third-order valence-corrected chi connectivity index (χ3v) is 1.76. The third-order valence-electron chi connectivity index (χ3n) is 1.76. The summed E-state index contributed by atoms with van der Waals surface area (Å²) in [5.74, 6) is -2.29. The van der Waals surface area contributed by atoms with Crippen LogP contribution in [0.1, 0.15) is 11.1 Å². The zero-order valence-corrected chi connectivity index (χ0v) is 7.88. The van der Waals surface area contributed by atoms with Crippen LogP contribution in [0.2, 0.25) is 0 Å². The third kappa shape index (κ3) is 2.82. The van der Waals surface area contributed by atoms with Gasteiger partial charge in [-0.05, 0) is 12.1 Å². The number of carbonyl (C=O) groups is 1. The fraction of sp³-hybridized carbons (Fsp3) is 0.100. The quantitative estimate of drug-likeness (QED) is 0.618. The Labute approximate surface area is 88.4 Å². The van der Waals surface area contributed by atoms with Crippen LogP contribution in [-0.4, -0.2) is 5.91 Å². The number of carbonyl (C=O) groups excluding carboxylic acids is 1. The summed E-state index contributed by atoms with van der Waals surface area (Å²) in [6.07, 6.45) is -3.08. The van der Waals surface area contributed by atoms with Crippen molar-refractivity contribution in [1.29, 1.82) is 0 Å². The lowest BCUT2D eigenvalue weighted by atomic mass is 10.1. The molecule has 2 N–H and O–H groups in total. The van der Waals surface area contributed by atoms with Gasteiger partial charge in [0.1, 0.15) is 5.82 Å². The summed E-state index contributed by atoms with van der Waals surface area (Å²) < 4.78 is 50.1. The van der Waals surface area contributed by atoms with Gasteiger partial charge in [0, 0.05) is 11.6 Å². The van der Waals surface area contributed by atoms with E-state index in [1.54, 1.807) is 0 Å². The molecule has 0 saturated carbocycles. The van der Waals surface area contributed by atoms with E-state index in [-0.39, 0.29) is 5.56 Å². The SMILES string of the molecule is NC(=O)/C=C\c1cccc(C(F)(F)F)c1F. The van der Waals surface area contributed by atoms with Gasteiger partial charge in [-0.1, -0.05) is 12.1 Å². The predicted molar refractivity (Wildman–Crippen MR) is 49.6 cm³/mol. The minimum absolute atomic E-state index is 0.339. The van der Waals surface area contributed by atoms with Crippen LogP contribution < -0.4 is 5.73 Å². The van der Waals surface area contributed by atoms with Crippen molar-refractivity contribution in [2.75, 3.05) is 0 Å². The lowest BCUT2D eigenvalue weighted by molar-refractivity contribution is -0.140. The van der Waals surface area contributed by atoms with Gasteiger partial charge in [0.15, 0.2) is 0 Å². The molecule has 0 atom stereocenters. The van der Waals surface area contributed by atoms with Crippen LogP contribution in [0, 0.1) is 5.82 Å². The highest BCUT2D eigenvalue weighted by molar-refractivity contribution is 5.90. The van der Waals surface area contributed by atoms with Crippen molar-refractivity contribution in [2.24, 2.45) is 5.73 Å². The van der Waals surface area contributed by atoms with Gasteiger partial charge in [-0.2, -0.15) is 13.2 Å². The van der Waals surface area contributed by atoms with Crippen LogP contribution in [-0.2, 0) is 11.0 Å². The van der Waals surface area contributed by atoms with E-state index < -0.39 is 23.5 Å². The Morgan fingerprint density at radius 2 is 1.94 bits per heavy atom. The van der Waals surface area contributed by atoms with Crippen molar-refractivity contribution in [1.82, 2.24) is 0 Å². The maximum Gasteiger partial charge on any atom is 0.419 e. The van der Waals surface area contributed by atoms with Crippen LogP contribution in [0.4, 0.5) is 17.6 Å². The van der Waals surface area contributed by atoms with Gasteiger partial charge in [-0.3, -0.25) is 4.79 Å². The first-order valence-electron chi connectivity index (χ1n) is 4.15.